The molecule has 0 unspecified atom stereocenters. The summed E-state index contributed by atoms with van der Waals surface area (Å²) in [4.78, 5) is 1.30. The standard InChI is InChI=1S/C30H33NOS/c1-4-23(5-2)22-31-29(24-11-10-16-28(33-3)18-17-24)19-20-30(31)25-12-9-15-27(21-25)32-26-13-7-6-8-14-26/h6-10,12-21,23H,4-5,11,22H2,1-3H3. The van der Waals surface area contributed by atoms with Crippen LogP contribution in [0, 0.1) is 5.92 Å². The van der Waals surface area contributed by atoms with Gasteiger partial charge in [0.1, 0.15) is 11.5 Å². The van der Waals surface area contributed by atoms with E-state index in [0.717, 1.165) is 24.5 Å². The van der Waals surface area contributed by atoms with Crippen molar-refractivity contribution in [2.45, 2.75) is 39.7 Å². The Morgan fingerprint density at radius 3 is 2.39 bits per heavy atom. The Bertz CT molecular complexity index is 1150. The maximum Gasteiger partial charge on any atom is 0.128 e. The molecule has 1 aromatic heterocycles. The molecule has 1 aliphatic rings. The van der Waals surface area contributed by atoms with Gasteiger partial charge in [0.05, 0.1) is 0 Å². The summed E-state index contributed by atoms with van der Waals surface area (Å²) < 4.78 is 8.65. The molecular weight excluding hydrogens is 422 g/mol. The first-order chi connectivity index (χ1) is 16.2. The average Bonchev–Trinajstić information content (AvgIpc) is 3.11. The number of ether oxygens (including phenoxy) is 1. The lowest BCUT2D eigenvalue weighted by molar-refractivity contribution is 0.419. The SMILES string of the molecule is CCC(CC)Cn1c(C2=CC=C(SC)C=CC2)ccc1-c1cccc(Oc2ccccc2)c1. The molecule has 3 heteroatoms. The van der Waals surface area contributed by atoms with Crippen molar-refractivity contribution in [3.63, 3.8) is 0 Å². The Balaban J connectivity index is 1.73. The monoisotopic (exact) mass is 455 g/mol. The third-order valence-electron chi connectivity index (χ3n) is 6.32. The minimum Gasteiger partial charge on any atom is -0.457 e. The summed E-state index contributed by atoms with van der Waals surface area (Å²) in [7, 11) is 0. The van der Waals surface area contributed by atoms with Crippen molar-refractivity contribution >= 4 is 17.3 Å². The lowest BCUT2D eigenvalue weighted by Crippen LogP contribution is -2.12. The van der Waals surface area contributed by atoms with Crippen molar-refractivity contribution in [3.05, 3.63) is 102 Å². The van der Waals surface area contributed by atoms with E-state index in [4.69, 9.17) is 4.74 Å². The predicted molar refractivity (Wildman–Crippen MR) is 144 cm³/mol. The van der Waals surface area contributed by atoms with Crippen LogP contribution in [0.25, 0.3) is 16.8 Å². The van der Waals surface area contributed by atoms with Gasteiger partial charge < -0.3 is 9.30 Å². The van der Waals surface area contributed by atoms with Gasteiger partial charge in [-0.25, -0.2) is 0 Å². The van der Waals surface area contributed by atoms with Gasteiger partial charge in [-0.1, -0.05) is 75.2 Å². The minimum absolute atomic E-state index is 0.651. The molecule has 4 rings (SSSR count). The molecule has 0 bridgehead atoms. The molecule has 3 aromatic rings. The third-order valence-corrected chi connectivity index (χ3v) is 7.06. The van der Waals surface area contributed by atoms with E-state index in [2.05, 4.69) is 79.3 Å². The highest BCUT2D eigenvalue weighted by molar-refractivity contribution is 8.02. The van der Waals surface area contributed by atoms with Crippen molar-refractivity contribution in [2.24, 2.45) is 5.92 Å². The van der Waals surface area contributed by atoms with Crippen LogP contribution >= 0.6 is 11.8 Å². The summed E-state index contributed by atoms with van der Waals surface area (Å²) in [5.74, 6) is 2.37. The summed E-state index contributed by atoms with van der Waals surface area (Å²) >= 11 is 1.79. The third kappa shape index (κ3) is 5.72. The number of benzene rings is 2. The Labute approximate surface area is 202 Å². The van der Waals surface area contributed by atoms with Gasteiger partial charge in [-0.2, -0.15) is 0 Å². The number of thioether (sulfide) groups is 1. The Morgan fingerprint density at radius 1 is 0.879 bits per heavy atom. The lowest BCUT2D eigenvalue weighted by Gasteiger charge is -2.20. The first-order valence-electron chi connectivity index (χ1n) is 11.9. The van der Waals surface area contributed by atoms with Crippen molar-refractivity contribution in [1.82, 2.24) is 4.57 Å². The average molecular weight is 456 g/mol. The highest BCUT2D eigenvalue weighted by Gasteiger charge is 2.17. The summed E-state index contributed by atoms with van der Waals surface area (Å²) in [5, 5.41) is 0. The second-order valence-electron chi connectivity index (χ2n) is 8.41. The van der Waals surface area contributed by atoms with Crippen molar-refractivity contribution < 1.29 is 4.74 Å². The van der Waals surface area contributed by atoms with E-state index in [1.165, 1.54) is 40.3 Å². The molecule has 0 amide bonds. The molecule has 2 aromatic carbocycles. The zero-order chi connectivity index (χ0) is 23.0. The van der Waals surface area contributed by atoms with Gasteiger partial charge in [0.25, 0.3) is 0 Å². The molecule has 0 saturated carbocycles. The van der Waals surface area contributed by atoms with Crippen LogP contribution in [-0.2, 0) is 6.54 Å². The van der Waals surface area contributed by atoms with E-state index in [9.17, 15) is 0 Å². The topological polar surface area (TPSA) is 14.2 Å². The maximum atomic E-state index is 6.13. The summed E-state index contributed by atoms with van der Waals surface area (Å²) in [6.07, 6.45) is 14.5. The van der Waals surface area contributed by atoms with Gasteiger partial charge in [-0.3, -0.25) is 0 Å². The smallest absolute Gasteiger partial charge is 0.128 e. The molecule has 0 aliphatic heterocycles. The fourth-order valence-electron chi connectivity index (χ4n) is 4.28. The fourth-order valence-corrected chi connectivity index (χ4v) is 4.72. The Morgan fingerprint density at radius 2 is 1.64 bits per heavy atom. The Hall–Kier alpha value is -2.91. The van der Waals surface area contributed by atoms with E-state index in [-0.39, 0.29) is 0 Å². The van der Waals surface area contributed by atoms with Crippen LogP contribution in [0.5, 0.6) is 11.5 Å². The number of rotatable bonds is 9. The fraction of sp³-hybridized carbons (Fsp3) is 0.267. The summed E-state index contributed by atoms with van der Waals surface area (Å²) in [6.45, 7) is 5.62. The number of hydrogen-bond acceptors (Lipinski definition) is 2. The molecule has 170 valence electrons. The van der Waals surface area contributed by atoms with E-state index < -0.39 is 0 Å². The molecule has 0 N–H and O–H groups in total. The zero-order valence-corrected chi connectivity index (χ0v) is 20.6. The Kier molecular flexibility index (Phi) is 7.96. The van der Waals surface area contributed by atoms with Gasteiger partial charge in [0.15, 0.2) is 0 Å². The van der Waals surface area contributed by atoms with E-state index >= 15 is 0 Å². The summed E-state index contributed by atoms with van der Waals surface area (Å²) in [5.41, 5.74) is 5.11. The zero-order valence-electron chi connectivity index (χ0n) is 19.8. The van der Waals surface area contributed by atoms with Crippen LogP contribution in [-0.4, -0.2) is 10.8 Å². The number of para-hydroxylation sites is 1. The van der Waals surface area contributed by atoms with Gasteiger partial charge in [-0.15, -0.1) is 11.8 Å². The number of aromatic nitrogens is 1. The number of hydrogen-bond donors (Lipinski definition) is 0. The van der Waals surface area contributed by atoms with Crippen LogP contribution in [0.15, 0.2) is 95.9 Å². The molecule has 33 heavy (non-hydrogen) atoms. The summed E-state index contributed by atoms with van der Waals surface area (Å²) in [6, 6.07) is 23.0. The second kappa shape index (κ2) is 11.3. The van der Waals surface area contributed by atoms with Crippen LogP contribution in [0.1, 0.15) is 38.8 Å². The normalized spacial score (nSPS) is 13.6. The van der Waals surface area contributed by atoms with Crippen LogP contribution in [0.2, 0.25) is 0 Å². The highest BCUT2D eigenvalue weighted by atomic mass is 32.2. The van der Waals surface area contributed by atoms with E-state index in [1.807, 2.05) is 36.4 Å². The number of allylic oxidation sites excluding steroid dienone is 5. The van der Waals surface area contributed by atoms with E-state index in [0.29, 0.717) is 5.92 Å². The molecule has 0 saturated heterocycles. The lowest BCUT2D eigenvalue weighted by atomic mass is 10.0. The van der Waals surface area contributed by atoms with Gasteiger partial charge in [0, 0.05) is 28.4 Å². The molecule has 0 atom stereocenters. The first kappa shape index (κ1) is 23.3. The largest absolute Gasteiger partial charge is 0.457 e. The minimum atomic E-state index is 0.651. The van der Waals surface area contributed by atoms with Crippen molar-refractivity contribution in [3.8, 4) is 22.8 Å². The van der Waals surface area contributed by atoms with Crippen molar-refractivity contribution in [1.29, 1.82) is 0 Å². The molecule has 1 heterocycles. The molecule has 0 radical (unpaired) electrons. The van der Waals surface area contributed by atoms with Crippen LogP contribution in [0.4, 0.5) is 0 Å². The van der Waals surface area contributed by atoms with Crippen molar-refractivity contribution in [2.75, 3.05) is 6.26 Å². The quantitative estimate of drug-likeness (QED) is 0.319. The highest BCUT2D eigenvalue weighted by Crippen LogP contribution is 2.34. The maximum absolute atomic E-state index is 6.13. The van der Waals surface area contributed by atoms with E-state index in [1.54, 1.807) is 11.8 Å². The molecule has 1 aliphatic carbocycles. The molecular formula is C30H33NOS. The van der Waals surface area contributed by atoms with Gasteiger partial charge in [0.2, 0.25) is 0 Å². The first-order valence-corrected chi connectivity index (χ1v) is 13.1. The van der Waals surface area contributed by atoms with Crippen LogP contribution in [0.3, 0.4) is 0 Å². The predicted octanol–water partition coefficient (Wildman–Crippen LogP) is 8.97. The van der Waals surface area contributed by atoms with Crippen LogP contribution < -0.4 is 4.74 Å². The number of nitrogens with zero attached hydrogens (tertiary/aromatic N) is 1. The molecule has 0 fully saturated rings. The van der Waals surface area contributed by atoms with Gasteiger partial charge in [-0.05, 0) is 66.6 Å². The molecule has 2 nitrogen and oxygen atoms in total. The molecule has 0 spiro atoms. The van der Waals surface area contributed by atoms with Gasteiger partial charge >= 0.3 is 0 Å². The second-order valence-corrected chi connectivity index (χ2v) is 9.29.